The van der Waals surface area contributed by atoms with Crippen molar-refractivity contribution in [2.45, 2.75) is 26.2 Å². The first-order chi connectivity index (χ1) is 14.6. The Balaban J connectivity index is 1.46. The summed E-state index contributed by atoms with van der Waals surface area (Å²) >= 11 is 0. The van der Waals surface area contributed by atoms with E-state index in [0.29, 0.717) is 18.1 Å². The Kier molecular flexibility index (Phi) is 5.75. The van der Waals surface area contributed by atoms with Crippen molar-refractivity contribution in [3.63, 3.8) is 0 Å². The molecule has 4 aromatic rings. The zero-order chi connectivity index (χ0) is 20.9. The Labute approximate surface area is 174 Å². The topological polar surface area (TPSA) is 84.3 Å². The van der Waals surface area contributed by atoms with Gasteiger partial charge in [0.1, 0.15) is 17.6 Å². The van der Waals surface area contributed by atoms with E-state index in [2.05, 4.69) is 22.0 Å². The Morgan fingerprint density at radius 3 is 2.33 bits per heavy atom. The number of hydrogen-bond acceptors (Lipinski definition) is 5. The molecular weight excluding hydrogens is 378 g/mol. The van der Waals surface area contributed by atoms with E-state index < -0.39 is 6.10 Å². The number of imidazole rings is 1. The third kappa shape index (κ3) is 4.49. The van der Waals surface area contributed by atoms with Gasteiger partial charge in [0.25, 0.3) is 0 Å². The third-order valence-corrected chi connectivity index (χ3v) is 4.67. The average molecular weight is 399 g/mol. The van der Waals surface area contributed by atoms with Crippen LogP contribution in [0.1, 0.15) is 41.2 Å². The number of hydrogen-bond donors (Lipinski definition) is 2. The van der Waals surface area contributed by atoms with Gasteiger partial charge >= 0.3 is 0 Å². The first-order valence-electron chi connectivity index (χ1n) is 9.59. The minimum atomic E-state index is -0.646. The SMILES string of the molecule is C[C@H](O)c1nccn1Cc1cc(-c2ccc(C#Cc3ccc(CO)cc3)cc2)on1. The van der Waals surface area contributed by atoms with Crippen molar-refractivity contribution in [1.82, 2.24) is 14.7 Å². The maximum Gasteiger partial charge on any atom is 0.167 e. The highest BCUT2D eigenvalue weighted by atomic mass is 16.5. The molecule has 2 aromatic carbocycles. The van der Waals surface area contributed by atoms with Gasteiger partial charge in [0.2, 0.25) is 0 Å². The van der Waals surface area contributed by atoms with Crippen molar-refractivity contribution >= 4 is 0 Å². The zero-order valence-corrected chi connectivity index (χ0v) is 16.5. The van der Waals surface area contributed by atoms with Crippen LogP contribution < -0.4 is 0 Å². The van der Waals surface area contributed by atoms with E-state index in [1.807, 2.05) is 59.2 Å². The van der Waals surface area contributed by atoms with Crippen molar-refractivity contribution in [2.75, 3.05) is 0 Å². The Morgan fingerprint density at radius 1 is 1.03 bits per heavy atom. The predicted octanol–water partition coefficient (Wildman–Crippen LogP) is 3.53. The molecule has 6 nitrogen and oxygen atoms in total. The standard InChI is InChI=1S/C24H21N3O3/c1-17(29)24-25-12-13-27(24)15-22-14-23(30-26-22)21-10-8-19(9-11-21)3-2-18-4-6-20(16-28)7-5-18/h4-14,17,28-29H,15-16H2,1H3/t17-/m0/s1. The summed E-state index contributed by atoms with van der Waals surface area (Å²) in [6.07, 6.45) is 2.82. The molecule has 2 aromatic heterocycles. The van der Waals surface area contributed by atoms with Crippen molar-refractivity contribution in [2.24, 2.45) is 0 Å². The van der Waals surface area contributed by atoms with Crippen LogP contribution in [0.15, 0.2) is 71.5 Å². The van der Waals surface area contributed by atoms with Gasteiger partial charge in [-0.15, -0.1) is 0 Å². The maximum absolute atomic E-state index is 9.77. The minimum absolute atomic E-state index is 0.0303. The fraction of sp³-hybridized carbons (Fsp3) is 0.167. The zero-order valence-electron chi connectivity index (χ0n) is 16.5. The molecule has 0 spiro atoms. The monoisotopic (exact) mass is 399 g/mol. The van der Waals surface area contributed by atoms with Gasteiger partial charge in [-0.25, -0.2) is 4.98 Å². The van der Waals surface area contributed by atoms with Crippen LogP contribution in [0.25, 0.3) is 11.3 Å². The molecule has 30 heavy (non-hydrogen) atoms. The molecule has 0 aliphatic rings. The van der Waals surface area contributed by atoms with Crippen molar-refractivity contribution in [3.05, 3.63) is 95.2 Å². The van der Waals surface area contributed by atoms with Crippen molar-refractivity contribution in [1.29, 1.82) is 0 Å². The van der Waals surface area contributed by atoms with Gasteiger partial charge in [-0.3, -0.25) is 0 Å². The smallest absolute Gasteiger partial charge is 0.167 e. The Bertz CT molecular complexity index is 1180. The minimum Gasteiger partial charge on any atom is -0.392 e. The highest BCUT2D eigenvalue weighted by Crippen LogP contribution is 2.22. The summed E-state index contributed by atoms with van der Waals surface area (Å²) in [5.41, 5.74) is 4.32. The van der Waals surface area contributed by atoms with Crippen LogP contribution in [0.3, 0.4) is 0 Å². The van der Waals surface area contributed by atoms with Gasteiger partial charge in [-0.1, -0.05) is 29.1 Å². The number of aliphatic hydroxyl groups is 2. The first kappa shape index (κ1) is 19.6. The van der Waals surface area contributed by atoms with E-state index in [9.17, 15) is 5.11 Å². The van der Waals surface area contributed by atoms with Gasteiger partial charge < -0.3 is 19.3 Å². The van der Waals surface area contributed by atoms with Gasteiger partial charge in [0, 0.05) is 35.2 Å². The fourth-order valence-corrected chi connectivity index (χ4v) is 3.07. The van der Waals surface area contributed by atoms with Crippen molar-refractivity contribution < 1.29 is 14.7 Å². The Morgan fingerprint density at radius 2 is 1.70 bits per heavy atom. The third-order valence-electron chi connectivity index (χ3n) is 4.67. The second kappa shape index (κ2) is 8.78. The van der Waals surface area contributed by atoms with Crippen LogP contribution in [-0.4, -0.2) is 24.9 Å². The number of benzene rings is 2. The first-order valence-corrected chi connectivity index (χ1v) is 9.59. The molecule has 0 radical (unpaired) electrons. The van der Waals surface area contributed by atoms with E-state index in [4.69, 9.17) is 9.63 Å². The molecule has 1 atom stereocenters. The van der Waals surface area contributed by atoms with Gasteiger partial charge in [-0.05, 0) is 48.9 Å². The van der Waals surface area contributed by atoms with Gasteiger partial charge in [-0.2, -0.15) is 0 Å². The fourth-order valence-electron chi connectivity index (χ4n) is 3.07. The largest absolute Gasteiger partial charge is 0.392 e. The summed E-state index contributed by atoms with van der Waals surface area (Å²) in [6, 6.07) is 17.2. The normalized spacial score (nSPS) is 11.7. The Hall–Kier alpha value is -3.66. The number of rotatable bonds is 5. The molecule has 0 unspecified atom stereocenters. The van der Waals surface area contributed by atoms with Crippen LogP contribution in [0, 0.1) is 11.8 Å². The summed E-state index contributed by atoms with van der Waals surface area (Å²) in [7, 11) is 0. The van der Waals surface area contributed by atoms with Crippen LogP contribution in [0.5, 0.6) is 0 Å². The number of aliphatic hydroxyl groups excluding tert-OH is 2. The summed E-state index contributed by atoms with van der Waals surface area (Å²) in [5, 5.41) is 23.0. The second-order valence-electron chi connectivity index (χ2n) is 6.95. The molecule has 0 fully saturated rings. The lowest BCUT2D eigenvalue weighted by Gasteiger charge is -2.07. The molecule has 4 rings (SSSR count). The predicted molar refractivity (Wildman–Crippen MR) is 112 cm³/mol. The molecule has 0 saturated carbocycles. The molecule has 0 amide bonds. The lowest BCUT2D eigenvalue weighted by atomic mass is 10.1. The number of aromatic nitrogens is 3. The maximum atomic E-state index is 9.77. The molecule has 0 aliphatic heterocycles. The van der Waals surface area contributed by atoms with Crippen LogP contribution >= 0.6 is 0 Å². The quantitative estimate of drug-likeness (QED) is 0.502. The molecule has 150 valence electrons. The van der Waals surface area contributed by atoms with Gasteiger partial charge in [0.05, 0.1) is 13.2 Å². The molecule has 0 bridgehead atoms. The molecule has 2 heterocycles. The average Bonchev–Trinajstić information content (AvgIpc) is 3.43. The van der Waals surface area contributed by atoms with Crippen LogP contribution in [0.2, 0.25) is 0 Å². The van der Waals surface area contributed by atoms with Crippen LogP contribution in [-0.2, 0) is 13.2 Å². The summed E-state index contributed by atoms with van der Waals surface area (Å²) in [4.78, 5) is 4.17. The lowest BCUT2D eigenvalue weighted by molar-refractivity contribution is 0.184. The molecular formula is C24H21N3O3. The summed E-state index contributed by atoms with van der Waals surface area (Å²) < 4.78 is 7.33. The van der Waals surface area contributed by atoms with E-state index >= 15 is 0 Å². The summed E-state index contributed by atoms with van der Waals surface area (Å²) in [6.45, 7) is 2.19. The van der Waals surface area contributed by atoms with Gasteiger partial charge in [0.15, 0.2) is 5.76 Å². The highest BCUT2D eigenvalue weighted by molar-refractivity contribution is 5.59. The lowest BCUT2D eigenvalue weighted by Crippen LogP contribution is -2.07. The number of nitrogens with zero attached hydrogens (tertiary/aromatic N) is 3. The molecule has 0 aliphatic carbocycles. The van der Waals surface area contributed by atoms with Crippen LogP contribution in [0.4, 0.5) is 0 Å². The van der Waals surface area contributed by atoms with E-state index in [1.165, 1.54) is 0 Å². The van der Waals surface area contributed by atoms with E-state index in [-0.39, 0.29) is 6.61 Å². The van der Waals surface area contributed by atoms with Crippen molar-refractivity contribution in [3.8, 4) is 23.2 Å². The second-order valence-corrected chi connectivity index (χ2v) is 6.95. The van der Waals surface area contributed by atoms with E-state index in [0.717, 1.165) is 27.9 Å². The molecule has 0 saturated heterocycles. The molecule has 2 N–H and O–H groups in total. The highest BCUT2D eigenvalue weighted by Gasteiger charge is 2.12. The summed E-state index contributed by atoms with van der Waals surface area (Å²) in [5.74, 6) is 7.51. The molecule has 6 heteroatoms. The van der Waals surface area contributed by atoms with E-state index in [1.54, 1.807) is 19.3 Å².